The minimum absolute atomic E-state index is 0.325. The maximum atomic E-state index is 11.9. The summed E-state index contributed by atoms with van der Waals surface area (Å²) in [6.07, 6.45) is 5.80. The summed E-state index contributed by atoms with van der Waals surface area (Å²) >= 11 is 0. The first-order chi connectivity index (χ1) is 9.28. The molecule has 0 amide bonds. The van der Waals surface area contributed by atoms with Gasteiger partial charge in [0, 0.05) is 6.20 Å². The van der Waals surface area contributed by atoms with Gasteiger partial charge in [-0.2, -0.15) is 5.10 Å². The number of hydrogen-bond acceptors (Lipinski definition) is 4. The van der Waals surface area contributed by atoms with Gasteiger partial charge in [0.25, 0.3) is 0 Å². The van der Waals surface area contributed by atoms with Crippen LogP contribution in [-0.4, -0.2) is 23.3 Å². The van der Waals surface area contributed by atoms with Crippen molar-refractivity contribution in [2.24, 2.45) is 0 Å². The van der Waals surface area contributed by atoms with E-state index >= 15 is 0 Å². The van der Waals surface area contributed by atoms with Crippen LogP contribution >= 0.6 is 0 Å². The van der Waals surface area contributed by atoms with Gasteiger partial charge in [-0.1, -0.05) is 6.07 Å². The van der Waals surface area contributed by atoms with Gasteiger partial charge in [0.05, 0.1) is 30.2 Å². The van der Waals surface area contributed by atoms with Crippen LogP contribution in [0.5, 0.6) is 0 Å². The summed E-state index contributed by atoms with van der Waals surface area (Å²) in [5.74, 6) is 0.278. The Morgan fingerprint density at radius 3 is 2.95 bits per heavy atom. The average Bonchev–Trinajstić information content (AvgIpc) is 3.17. The maximum Gasteiger partial charge on any atom is 0.339 e. The van der Waals surface area contributed by atoms with E-state index in [0.29, 0.717) is 11.5 Å². The normalized spacial score (nSPS) is 14.2. The monoisotopic (exact) mass is 257 g/mol. The molecule has 19 heavy (non-hydrogen) atoms. The number of ether oxygens (including phenoxy) is 1. The highest BCUT2D eigenvalue weighted by Gasteiger charge is 2.25. The Morgan fingerprint density at radius 1 is 1.47 bits per heavy atom. The van der Waals surface area contributed by atoms with Crippen molar-refractivity contribution in [3.05, 3.63) is 41.7 Å². The van der Waals surface area contributed by atoms with E-state index in [-0.39, 0.29) is 5.97 Å². The molecule has 5 nitrogen and oxygen atoms in total. The lowest BCUT2D eigenvalue weighted by Gasteiger charge is -2.11. The smallest absolute Gasteiger partial charge is 0.339 e. The van der Waals surface area contributed by atoms with Crippen molar-refractivity contribution in [1.82, 2.24) is 10.2 Å². The number of hydrogen-bond donors (Lipinski definition) is 2. The van der Waals surface area contributed by atoms with Crippen LogP contribution in [0.15, 0.2) is 30.6 Å². The Morgan fingerprint density at radius 2 is 2.32 bits per heavy atom. The number of H-pyrrole nitrogens is 1. The first kappa shape index (κ1) is 11.8. The third kappa shape index (κ3) is 2.45. The van der Waals surface area contributed by atoms with E-state index in [1.54, 1.807) is 12.4 Å². The van der Waals surface area contributed by atoms with E-state index in [9.17, 15) is 4.79 Å². The molecule has 2 N–H and O–H groups in total. The third-order valence-corrected chi connectivity index (χ3v) is 3.27. The molecule has 0 bridgehead atoms. The molecule has 1 heterocycles. The Kier molecular flexibility index (Phi) is 2.95. The van der Waals surface area contributed by atoms with Crippen LogP contribution in [0.25, 0.3) is 0 Å². The van der Waals surface area contributed by atoms with Crippen LogP contribution in [0.1, 0.15) is 34.7 Å². The fourth-order valence-corrected chi connectivity index (χ4v) is 2.10. The molecule has 0 radical (unpaired) electrons. The standard InChI is InChI=1S/C14H15N3O2/c1-19-14(18)12-6-10(9-2-3-9)4-5-13(12)17-11-7-15-16-8-11/h4-9,17H,2-3H2,1H3,(H,15,16). The lowest BCUT2D eigenvalue weighted by molar-refractivity contribution is 0.0602. The molecule has 0 unspecified atom stereocenters. The summed E-state index contributed by atoms with van der Waals surface area (Å²) in [7, 11) is 1.40. The number of rotatable bonds is 4. The minimum Gasteiger partial charge on any atom is -0.465 e. The lowest BCUT2D eigenvalue weighted by Crippen LogP contribution is -2.06. The molecular weight excluding hydrogens is 242 g/mol. The van der Waals surface area contributed by atoms with Crippen molar-refractivity contribution >= 4 is 17.3 Å². The van der Waals surface area contributed by atoms with Gasteiger partial charge in [-0.05, 0) is 36.5 Å². The molecular formula is C14H15N3O2. The molecule has 0 spiro atoms. The zero-order valence-corrected chi connectivity index (χ0v) is 10.6. The largest absolute Gasteiger partial charge is 0.465 e. The van der Waals surface area contributed by atoms with Crippen LogP contribution < -0.4 is 5.32 Å². The zero-order chi connectivity index (χ0) is 13.2. The van der Waals surface area contributed by atoms with Crippen LogP contribution in [0.2, 0.25) is 0 Å². The highest BCUT2D eigenvalue weighted by Crippen LogP contribution is 2.41. The van der Waals surface area contributed by atoms with Crippen LogP contribution in [-0.2, 0) is 4.74 Å². The Bertz CT molecular complexity index is 589. The van der Waals surface area contributed by atoms with Crippen LogP contribution in [0.4, 0.5) is 11.4 Å². The number of nitrogens with zero attached hydrogens (tertiary/aromatic N) is 1. The quantitative estimate of drug-likeness (QED) is 0.826. The van der Waals surface area contributed by atoms with Gasteiger partial charge in [0.2, 0.25) is 0 Å². The van der Waals surface area contributed by atoms with Gasteiger partial charge in [0.15, 0.2) is 0 Å². The predicted molar refractivity (Wildman–Crippen MR) is 71.6 cm³/mol. The summed E-state index contributed by atoms with van der Waals surface area (Å²) in [5.41, 5.74) is 3.31. The number of methoxy groups -OCH3 is 1. The van der Waals surface area contributed by atoms with Crippen molar-refractivity contribution < 1.29 is 9.53 Å². The fraction of sp³-hybridized carbons (Fsp3) is 0.286. The second-order valence-corrected chi connectivity index (χ2v) is 4.68. The Balaban J connectivity index is 1.94. The summed E-state index contributed by atoms with van der Waals surface area (Å²) in [5, 5.41) is 9.75. The summed E-state index contributed by atoms with van der Waals surface area (Å²) in [6.45, 7) is 0. The molecule has 1 aliphatic rings. The number of esters is 1. The van der Waals surface area contributed by atoms with E-state index in [0.717, 1.165) is 11.4 Å². The van der Waals surface area contributed by atoms with Crippen molar-refractivity contribution in [1.29, 1.82) is 0 Å². The molecule has 0 saturated heterocycles. The first-order valence-electron chi connectivity index (χ1n) is 6.26. The lowest BCUT2D eigenvalue weighted by atomic mass is 10.0. The summed E-state index contributed by atoms with van der Waals surface area (Å²) < 4.78 is 4.85. The number of carbonyl (C=O) groups is 1. The topological polar surface area (TPSA) is 67.0 Å². The van der Waals surface area contributed by atoms with E-state index < -0.39 is 0 Å². The van der Waals surface area contributed by atoms with E-state index in [1.807, 2.05) is 12.1 Å². The number of aromatic amines is 1. The number of benzene rings is 1. The fourth-order valence-electron chi connectivity index (χ4n) is 2.10. The maximum absolute atomic E-state index is 11.9. The van der Waals surface area contributed by atoms with Gasteiger partial charge in [-0.15, -0.1) is 0 Å². The summed E-state index contributed by atoms with van der Waals surface area (Å²) in [4.78, 5) is 11.9. The molecule has 0 atom stereocenters. The summed E-state index contributed by atoms with van der Waals surface area (Å²) in [6, 6.07) is 5.91. The SMILES string of the molecule is COC(=O)c1cc(C2CC2)ccc1Nc1cn[nH]c1. The van der Waals surface area contributed by atoms with Gasteiger partial charge >= 0.3 is 5.97 Å². The highest BCUT2D eigenvalue weighted by molar-refractivity contribution is 5.96. The van der Waals surface area contributed by atoms with Crippen molar-refractivity contribution in [3.8, 4) is 0 Å². The van der Waals surface area contributed by atoms with Gasteiger partial charge < -0.3 is 10.1 Å². The predicted octanol–water partition coefficient (Wildman–Crippen LogP) is 2.82. The molecule has 1 aliphatic carbocycles. The zero-order valence-electron chi connectivity index (χ0n) is 10.6. The van der Waals surface area contributed by atoms with Crippen molar-refractivity contribution in [3.63, 3.8) is 0 Å². The molecule has 1 aromatic heterocycles. The van der Waals surface area contributed by atoms with Gasteiger partial charge in [-0.3, -0.25) is 5.10 Å². The number of nitrogens with one attached hydrogen (secondary N) is 2. The van der Waals surface area contributed by atoms with Crippen LogP contribution in [0, 0.1) is 0 Å². The molecule has 1 aromatic carbocycles. The average molecular weight is 257 g/mol. The number of carbonyl (C=O) groups excluding carboxylic acids is 1. The molecule has 3 rings (SSSR count). The molecule has 5 heteroatoms. The Labute approximate surface area is 111 Å². The molecule has 0 aliphatic heterocycles. The Hall–Kier alpha value is -2.30. The first-order valence-corrected chi connectivity index (χ1v) is 6.26. The molecule has 1 fully saturated rings. The minimum atomic E-state index is -0.325. The van der Waals surface area contributed by atoms with E-state index in [4.69, 9.17) is 4.74 Å². The molecule has 98 valence electrons. The van der Waals surface area contributed by atoms with Gasteiger partial charge in [-0.25, -0.2) is 4.79 Å². The van der Waals surface area contributed by atoms with Gasteiger partial charge in [0.1, 0.15) is 0 Å². The third-order valence-electron chi connectivity index (χ3n) is 3.27. The second-order valence-electron chi connectivity index (χ2n) is 4.68. The van der Waals surface area contributed by atoms with Crippen molar-refractivity contribution in [2.45, 2.75) is 18.8 Å². The number of aromatic nitrogens is 2. The second kappa shape index (κ2) is 4.76. The number of anilines is 2. The van der Waals surface area contributed by atoms with E-state index in [1.165, 1.54) is 25.5 Å². The van der Waals surface area contributed by atoms with E-state index in [2.05, 4.69) is 21.6 Å². The van der Waals surface area contributed by atoms with Crippen LogP contribution in [0.3, 0.4) is 0 Å². The van der Waals surface area contributed by atoms with Crippen molar-refractivity contribution in [2.75, 3.05) is 12.4 Å². The molecule has 1 saturated carbocycles. The highest BCUT2D eigenvalue weighted by atomic mass is 16.5. The molecule has 2 aromatic rings.